The predicted molar refractivity (Wildman–Crippen MR) is 53.1 cm³/mol. The summed E-state index contributed by atoms with van der Waals surface area (Å²) in [5.74, 6) is -0.375. The first-order valence-corrected chi connectivity index (χ1v) is 5.31. The van der Waals surface area contributed by atoms with Gasteiger partial charge in [0, 0.05) is 0 Å². The second-order valence-corrected chi connectivity index (χ2v) is 3.99. The molecule has 1 atom stereocenters. The third-order valence-corrected chi connectivity index (χ3v) is 2.86. The molecule has 1 aliphatic rings. The Morgan fingerprint density at radius 3 is 2.50 bits per heavy atom. The van der Waals surface area contributed by atoms with Crippen molar-refractivity contribution in [2.75, 3.05) is 13.2 Å². The van der Waals surface area contributed by atoms with E-state index in [2.05, 4.69) is 5.32 Å². The lowest BCUT2D eigenvalue weighted by atomic mass is 9.89. The number of aliphatic hydroxyl groups excluding tert-OH is 1. The fourth-order valence-corrected chi connectivity index (χ4v) is 1.93. The molecule has 82 valence electrons. The highest BCUT2D eigenvalue weighted by molar-refractivity contribution is 5.73. The molecule has 0 aromatic rings. The quantitative estimate of drug-likeness (QED) is 0.609. The molecular formula is C10H19NO3. The van der Waals surface area contributed by atoms with E-state index in [1.807, 2.05) is 0 Å². The average molecular weight is 201 g/mol. The SMILES string of the molecule is O=C(O)C(CO)NCC1CCCCC1. The summed E-state index contributed by atoms with van der Waals surface area (Å²) in [6.45, 7) is 0.388. The molecule has 0 amide bonds. The molecule has 0 radical (unpaired) electrons. The molecule has 4 nitrogen and oxygen atoms in total. The van der Waals surface area contributed by atoms with Crippen LogP contribution in [0.2, 0.25) is 0 Å². The van der Waals surface area contributed by atoms with E-state index >= 15 is 0 Å². The van der Waals surface area contributed by atoms with Crippen LogP contribution in [0.1, 0.15) is 32.1 Å². The number of aliphatic hydroxyl groups is 1. The van der Waals surface area contributed by atoms with Crippen molar-refractivity contribution in [2.24, 2.45) is 5.92 Å². The Morgan fingerprint density at radius 2 is 2.00 bits per heavy atom. The van der Waals surface area contributed by atoms with Crippen molar-refractivity contribution >= 4 is 5.97 Å². The number of hydrogen-bond donors (Lipinski definition) is 3. The van der Waals surface area contributed by atoms with Crippen LogP contribution in [0.25, 0.3) is 0 Å². The molecule has 1 saturated carbocycles. The van der Waals surface area contributed by atoms with Gasteiger partial charge in [0.1, 0.15) is 6.04 Å². The second kappa shape index (κ2) is 5.98. The van der Waals surface area contributed by atoms with E-state index in [4.69, 9.17) is 10.2 Å². The summed E-state index contributed by atoms with van der Waals surface area (Å²) < 4.78 is 0. The lowest BCUT2D eigenvalue weighted by Gasteiger charge is -2.23. The first-order valence-electron chi connectivity index (χ1n) is 5.31. The van der Waals surface area contributed by atoms with Crippen LogP contribution in [0.4, 0.5) is 0 Å². The minimum Gasteiger partial charge on any atom is -0.480 e. The summed E-state index contributed by atoms with van der Waals surface area (Å²) in [4.78, 5) is 10.6. The lowest BCUT2D eigenvalue weighted by molar-refractivity contribution is -0.140. The molecule has 0 aliphatic heterocycles. The maximum Gasteiger partial charge on any atom is 0.323 e. The van der Waals surface area contributed by atoms with E-state index in [9.17, 15) is 4.79 Å². The Balaban J connectivity index is 2.20. The minimum absolute atomic E-state index is 0.331. The topological polar surface area (TPSA) is 69.6 Å². The molecule has 14 heavy (non-hydrogen) atoms. The Bertz CT molecular complexity index is 178. The fraction of sp³-hybridized carbons (Fsp3) is 0.900. The number of carbonyl (C=O) groups is 1. The van der Waals surface area contributed by atoms with Crippen LogP contribution in [0.5, 0.6) is 0 Å². The van der Waals surface area contributed by atoms with Gasteiger partial charge in [-0.25, -0.2) is 0 Å². The van der Waals surface area contributed by atoms with Crippen molar-refractivity contribution in [1.29, 1.82) is 0 Å². The first-order chi connectivity index (χ1) is 6.74. The highest BCUT2D eigenvalue weighted by atomic mass is 16.4. The molecule has 0 aromatic heterocycles. The molecule has 1 unspecified atom stereocenters. The third-order valence-electron chi connectivity index (χ3n) is 2.86. The maximum atomic E-state index is 10.6. The van der Waals surface area contributed by atoms with Crippen LogP contribution in [-0.2, 0) is 4.79 Å². The summed E-state index contributed by atoms with van der Waals surface area (Å²) in [7, 11) is 0. The van der Waals surface area contributed by atoms with Gasteiger partial charge in [0.05, 0.1) is 6.61 Å². The molecule has 1 rings (SSSR count). The zero-order valence-corrected chi connectivity index (χ0v) is 8.41. The monoisotopic (exact) mass is 201 g/mol. The number of nitrogens with one attached hydrogen (secondary N) is 1. The number of rotatable bonds is 5. The van der Waals surface area contributed by atoms with E-state index in [-0.39, 0.29) is 6.61 Å². The Hall–Kier alpha value is -0.610. The molecule has 1 aliphatic carbocycles. The molecule has 0 saturated heterocycles. The van der Waals surface area contributed by atoms with Crippen LogP contribution >= 0.6 is 0 Å². The van der Waals surface area contributed by atoms with E-state index < -0.39 is 12.0 Å². The summed E-state index contributed by atoms with van der Waals surface area (Å²) in [6.07, 6.45) is 6.18. The van der Waals surface area contributed by atoms with Gasteiger partial charge >= 0.3 is 5.97 Å². The van der Waals surface area contributed by atoms with Gasteiger partial charge in [-0.05, 0) is 25.3 Å². The van der Waals surface area contributed by atoms with Crippen molar-refractivity contribution in [2.45, 2.75) is 38.1 Å². The summed E-state index contributed by atoms with van der Waals surface area (Å²) in [5.41, 5.74) is 0. The first kappa shape index (κ1) is 11.5. The molecule has 0 heterocycles. The van der Waals surface area contributed by atoms with Crippen LogP contribution in [0.15, 0.2) is 0 Å². The van der Waals surface area contributed by atoms with E-state index in [0.717, 1.165) is 6.54 Å². The van der Waals surface area contributed by atoms with Gasteiger partial charge in [-0.3, -0.25) is 4.79 Å². The summed E-state index contributed by atoms with van der Waals surface area (Å²) >= 11 is 0. The van der Waals surface area contributed by atoms with E-state index in [0.29, 0.717) is 5.92 Å². The van der Waals surface area contributed by atoms with Crippen molar-refractivity contribution in [3.63, 3.8) is 0 Å². The standard InChI is InChI=1S/C10H19NO3/c12-7-9(10(13)14)11-6-8-4-2-1-3-5-8/h8-9,11-12H,1-7H2,(H,13,14). The largest absolute Gasteiger partial charge is 0.480 e. The normalized spacial score (nSPS) is 20.6. The zero-order valence-electron chi connectivity index (χ0n) is 8.41. The Morgan fingerprint density at radius 1 is 1.36 bits per heavy atom. The van der Waals surface area contributed by atoms with Crippen molar-refractivity contribution < 1.29 is 15.0 Å². The minimum atomic E-state index is -0.969. The molecule has 0 spiro atoms. The molecular weight excluding hydrogens is 182 g/mol. The van der Waals surface area contributed by atoms with Gasteiger partial charge in [0.15, 0.2) is 0 Å². The smallest absolute Gasteiger partial charge is 0.323 e. The number of aliphatic carboxylic acids is 1. The highest BCUT2D eigenvalue weighted by Crippen LogP contribution is 2.22. The third kappa shape index (κ3) is 3.64. The second-order valence-electron chi connectivity index (χ2n) is 3.99. The predicted octanol–water partition coefficient (Wildman–Crippen LogP) is 0.602. The van der Waals surface area contributed by atoms with Crippen LogP contribution < -0.4 is 5.32 Å². The van der Waals surface area contributed by atoms with E-state index in [1.54, 1.807) is 0 Å². The summed E-state index contributed by atoms with van der Waals surface area (Å²) in [5, 5.41) is 20.4. The molecule has 4 heteroatoms. The number of carboxylic acid groups (broad SMARTS) is 1. The van der Waals surface area contributed by atoms with Gasteiger partial charge in [-0.1, -0.05) is 19.3 Å². The van der Waals surface area contributed by atoms with E-state index in [1.165, 1.54) is 32.1 Å². The fourth-order valence-electron chi connectivity index (χ4n) is 1.93. The van der Waals surface area contributed by atoms with Crippen LogP contribution in [0, 0.1) is 5.92 Å². The van der Waals surface area contributed by atoms with Crippen LogP contribution in [-0.4, -0.2) is 35.4 Å². The Labute approximate surface area is 84.3 Å². The van der Waals surface area contributed by atoms with Crippen molar-refractivity contribution in [3.8, 4) is 0 Å². The zero-order chi connectivity index (χ0) is 10.4. The maximum absolute atomic E-state index is 10.6. The van der Waals surface area contributed by atoms with Gasteiger partial charge in [0.25, 0.3) is 0 Å². The van der Waals surface area contributed by atoms with Gasteiger partial charge in [0.2, 0.25) is 0 Å². The molecule has 0 aromatic carbocycles. The number of hydrogen-bond acceptors (Lipinski definition) is 3. The lowest BCUT2D eigenvalue weighted by Crippen LogP contribution is -2.42. The molecule has 0 bridgehead atoms. The molecule has 3 N–H and O–H groups in total. The van der Waals surface area contributed by atoms with Crippen molar-refractivity contribution in [3.05, 3.63) is 0 Å². The highest BCUT2D eigenvalue weighted by Gasteiger charge is 2.18. The number of carboxylic acids is 1. The molecule has 1 fully saturated rings. The van der Waals surface area contributed by atoms with Gasteiger partial charge < -0.3 is 15.5 Å². The van der Waals surface area contributed by atoms with Crippen LogP contribution in [0.3, 0.4) is 0 Å². The van der Waals surface area contributed by atoms with Gasteiger partial charge in [-0.2, -0.15) is 0 Å². The van der Waals surface area contributed by atoms with Crippen molar-refractivity contribution in [1.82, 2.24) is 5.32 Å². The average Bonchev–Trinajstić information content (AvgIpc) is 2.20. The van der Waals surface area contributed by atoms with Gasteiger partial charge in [-0.15, -0.1) is 0 Å². The Kier molecular flexibility index (Phi) is 4.90. The summed E-state index contributed by atoms with van der Waals surface area (Å²) in [6, 6.07) is -0.795.